The molecule has 0 aliphatic carbocycles. The van der Waals surface area contributed by atoms with Crippen molar-refractivity contribution in [2.24, 2.45) is 0 Å². The van der Waals surface area contributed by atoms with E-state index in [4.69, 9.17) is 16.3 Å². The van der Waals surface area contributed by atoms with Crippen molar-refractivity contribution in [2.75, 3.05) is 7.11 Å². The number of amides is 2. The van der Waals surface area contributed by atoms with Gasteiger partial charge in [-0.05, 0) is 30.3 Å². The summed E-state index contributed by atoms with van der Waals surface area (Å²) >= 11 is 5.84. The smallest absolute Gasteiger partial charge is 0.329 e. The molecular weight excluding hydrogens is 388 g/mol. The van der Waals surface area contributed by atoms with Crippen LogP contribution < -0.4 is 26.8 Å². The normalized spacial score (nSPS) is 10.5. The van der Waals surface area contributed by atoms with E-state index in [2.05, 4.69) is 15.8 Å². The number of aromatic amines is 1. The van der Waals surface area contributed by atoms with Crippen molar-refractivity contribution in [3.05, 3.63) is 73.9 Å². The summed E-state index contributed by atoms with van der Waals surface area (Å²) in [6, 6.07) is 10.8. The monoisotopic (exact) mass is 402 g/mol. The number of carbonyl (C=O) groups excluding carboxylic acids is 2. The van der Waals surface area contributed by atoms with Crippen LogP contribution >= 0.6 is 11.6 Å². The van der Waals surface area contributed by atoms with Crippen LogP contribution in [0.15, 0.2) is 52.1 Å². The van der Waals surface area contributed by atoms with Gasteiger partial charge in [0, 0.05) is 5.02 Å². The Morgan fingerprint density at radius 2 is 1.89 bits per heavy atom. The third kappa shape index (κ3) is 3.89. The molecule has 1 aromatic heterocycles. The lowest BCUT2D eigenvalue weighted by Crippen LogP contribution is -2.46. The number of para-hydroxylation sites is 1. The van der Waals surface area contributed by atoms with Crippen LogP contribution in [0.1, 0.15) is 10.4 Å². The molecule has 0 aliphatic rings. The van der Waals surface area contributed by atoms with Crippen molar-refractivity contribution >= 4 is 34.3 Å². The first kappa shape index (κ1) is 19.2. The number of nitrogens with one attached hydrogen (secondary N) is 3. The molecule has 28 heavy (non-hydrogen) atoms. The second-order valence-electron chi connectivity index (χ2n) is 5.71. The highest BCUT2D eigenvalue weighted by Gasteiger charge is 2.15. The number of nitrogens with zero attached hydrogens (tertiary/aromatic N) is 1. The fourth-order valence-electron chi connectivity index (χ4n) is 2.57. The number of benzene rings is 2. The molecule has 3 aromatic rings. The maximum Gasteiger partial charge on any atom is 0.329 e. The fraction of sp³-hybridized carbons (Fsp3) is 0.111. The number of hydrogen-bond donors (Lipinski definition) is 3. The van der Waals surface area contributed by atoms with E-state index in [9.17, 15) is 19.2 Å². The lowest BCUT2D eigenvalue weighted by atomic mass is 10.2. The largest absolute Gasteiger partial charge is 0.496 e. The molecule has 0 aliphatic heterocycles. The van der Waals surface area contributed by atoms with Crippen LogP contribution in [-0.4, -0.2) is 28.5 Å². The SMILES string of the molecule is COc1cc(Cl)ccc1C(=O)NNC(=O)Cn1c(=O)[nH]c2ccccc2c1=O. The molecule has 0 spiro atoms. The fourth-order valence-corrected chi connectivity index (χ4v) is 2.73. The third-order valence-corrected chi connectivity index (χ3v) is 4.15. The van der Waals surface area contributed by atoms with Gasteiger partial charge in [-0.15, -0.1) is 0 Å². The van der Waals surface area contributed by atoms with Crippen LogP contribution in [0.2, 0.25) is 5.02 Å². The van der Waals surface area contributed by atoms with Gasteiger partial charge < -0.3 is 9.72 Å². The molecular formula is C18H15ClN4O5. The summed E-state index contributed by atoms with van der Waals surface area (Å²) in [6.07, 6.45) is 0. The van der Waals surface area contributed by atoms with Crippen molar-refractivity contribution in [1.82, 2.24) is 20.4 Å². The molecule has 3 N–H and O–H groups in total. The summed E-state index contributed by atoms with van der Waals surface area (Å²) in [5.74, 6) is -1.19. The zero-order valence-corrected chi connectivity index (χ0v) is 15.4. The van der Waals surface area contributed by atoms with E-state index in [0.717, 1.165) is 4.57 Å². The van der Waals surface area contributed by atoms with E-state index in [0.29, 0.717) is 10.5 Å². The molecule has 0 atom stereocenters. The topological polar surface area (TPSA) is 122 Å². The van der Waals surface area contributed by atoms with Crippen LogP contribution in [0.5, 0.6) is 5.75 Å². The van der Waals surface area contributed by atoms with Crippen molar-refractivity contribution in [3.63, 3.8) is 0 Å². The van der Waals surface area contributed by atoms with E-state index in [1.807, 2.05) is 0 Å². The van der Waals surface area contributed by atoms with E-state index in [-0.39, 0.29) is 16.7 Å². The van der Waals surface area contributed by atoms with Gasteiger partial charge in [0.2, 0.25) is 0 Å². The highest BCUT2D eigenvalue weighted by Crippen LogP contribution is 2.22. The van der Waals surface area contributed by atoms with Gasteiger partial charge in [-0.2, -0.15) is 0 Å². The van der Waals surface area contributed by atoms with Gasteiger partial charge in [0.05, 0.1) is 23.6 Å². The van der Waals surface area contributed by atoms with Crippen LogP contribution in [0.4, 0.5) is 0 Å². The molecule has 2 aromatic carbocycles. The highest BCUT2D eigenvalue weighted by molar-refractivity contribution is 6.30. The van der Waals surface area contributed by atoms with Gasteiger partial charge in [-0.3, -0.25) is 29.8 Å². The highest BCUT2D eigenvalue weighted by atomic mass is 35.5. The average Bonchev–Trinajstić information content (AvgIpc) is 2.69. The first-order valence-corrected chi connectivity index (χ1v) is 8.43. The number of fused-ring (bicyclic) bond motifs is 1. The number of ether oxygens (including phenoxy) is 1. The van der Waals surface area contributed by atoms with Crippen molar-refractivity contribution < 1.29 is 14.3 Å². The molecule has 10 heteroatoms. The predicted molar refractivity (Wildman–Crippen MR) is 102 cm³/mol. The third-order valence-electron chi connectivity index (χ3n) is 3.91. The summed E-state index contributed by atoms with van der Waals surface area (Å²) in [5, 5.41) is 0.650. The summed E-state index contributed by atoms with van der Waals surface area (Å²) < 4.78 is 5.82. The van der Waals surface area contributed by atoms with Crippen LogP contribution in [0, 0.1) is 0 Å². The number of H-pyrrole nitrogens is 1. The van der Waals surface area contributed by atoms with Gasteiger partial charge in [0.25, 0.3) is 17.4 Å². The predicted octanol–water partition coefficient (Wildman–Crippen LogP) is 0.813. The molecule has 0 bridgehead atoms. The lowest BCUT2D eigenvalue weighted by molar-refractivity contribution is -0.122. The Morgan fingerprint density at radius 1 is 1.14 bits per heavy atom. The van der Waals surface area contributed by atoms with Gasteiger partial charge in [0.15, 0.2) is 0 Å². The minimum Gasteiger partial charge on any atom is -0.496 e. The minimum absolute atomic E-state index is 0.146. The molecule has 0 saturated heterocycles. The molecule has 2 amide bonds. The molecule has 3 rings (SSSR count). The van der Waals surface area contributed by atoms with E-state index >= 15 is 0 Å². The molecule has 0 fully saturated rings. The Morgan fingerprint density at radius 3 is 2.64 bits per heavy atom. The zero-order valence-electron chi connectivity index (χ0n) is 14.6. The summed E-state index contributed by atoms with van der Waals surface area (Å²) in [7, 11) is 1.37. The van der Waals surface area contributed by atoms with Crippen molar-refractivity contribution in [1.29, 1.82) is 0 Å². The number of methoxy groups -OCH3 is 1. The molecule has 0 radical (unpaired) electrons. The first-order valence-electron chi connectivity index (χ1n) is 8.05. The molecule has 144 valence electrons. The number of aromatic nitrogens is 2. The molecule has 0 unspecified atom stereocenters. The number of halogens is 1. The van der Waals surface area contributed by atoms with Crippen LogP contribution in [0.25, 0.3) is 10.9 Å². The zero-order chi connectivity index (χ0) is 20.3. The Hall–Kier alpha value is -3.59. The van der Waals surface area contributed by atoms with E-state index in [1.165, 1.54) is 31.4 Å². The Balaban J connectivity index is 1.73. The van der Waals surface area contributed by atoms with Gasteiger partial charge in [0.1, 0.15) is 12.3 Å². The Kier molecular flexibility index (Phi) is 5.46. The minimum atomic E-state index is -0.760. The molecule has 0 saturated carbocycles. The second kappa shape index (κ2) is 7.97. The van der Waals surface area contributed by atoms with E-state index < -0.39 is 29.6 Å². The Bertz CT molecular complexity index is 1180. The maximum absolute atomic E-state index is 12.4. The number of hydrazine groups is 1. The summed E-state index contributed by atoms with van der Waals surface area (Å²) in [6.45, 7) is -0.572. The van der Waals surface area contributed by atoms with Gasteiger partial charge in [-0.1, -0.05) is 23.7 Å². The first-order chi connectivity index (χ1) is 13.4. The summed E-state index contributed by atoms with van der Waals surface area (Å²) in [4.78, 5) is 51.3. The van der Waals surface area contributed by atoms with Gasteiger partial charge >= 0.3 is 5.69 Å². The van der Waals surface area contributed by atoms with Crippen LogP contribution in [0.3, 0.4) is 0 Å². The lowest BCUT2D eigenvalue weighted by Gasteiger charge is -2.11. The van der Waals surface area contributed by atoms with E-state index in [1.54, 1.807) is 18.2 Å². The van der Waals surface area contributed by atoms with Crippen LogP contribution in [-0.2, 0) is 11.3 Å². The number of hydrogen-bond acceptors (Lipinski definition) is 5. The molecule has 1 heterocycles. The summed E-state index contributed by atoms with van der Waals surface area (Å²) in [5.41, 5.74) is 3.53. The number of rotatable bonds is 4. The van der Waals surface area contributed by atoms with Crippen molar-refractivity contribution in [3.8, 4) is 5.75 Å². The Labute approximate surface area is 162 Å². The maximum atomic E-state index is 12.4. The average molecular weight is 403 g/mol. The van der Waals surface area contributed by atoms with Gasteiger partial charge in [-0.25, -0.2) is 4.79 Å². The number of carbonyl (C=O) groups is 2. The quantitative estimate of drug-likeness (QED) is 0.557. The van der Waals surface area contributed by atoms with Crippen molar-refractivity contribution in [2.45, 2.75) is 6.54 Å². The standard InChI is InChI=1S/C18H15ClN4O5/c1-28-14-8-10(19)6-7-12(14)16(25)22-21-15(24)9-23-17(26)11-4-2-3-5-13(11)20-18(23)27/h2-8H,9H2,1H3,(H,20,27)(H,21,24)(H,22,25). The molecule has 9 nitrogen and oxygen atoms in total. The second-order valence-corrected chi connectivity index (χ2v) is 6.15.